The van der Waals surface area contributed by atoms with Gasteiger partial charge in [0.05, 0.1) is 0 Å². The Labute approximate surface area is 114 Å². The fraction of sp³-hybridized carbons (Fsp3) is 1.00. The van der Waals surface area contributed by atoms with Crippen LogP contribution in [0.2, 0.25) is 0 Å². The van der Waals surface area contributed by atoms with Gasteiger partial charge in [-0.3, -0.25) is 0 Å². The fourth-order valence-corrected chi connectivity index (χ4v) is 4.12. The predicted octanol–water partition coefficient (Wildman–Crippen LogP) is 4.62. The lowest BCUT2D eigenvalue weighted by molar-refractivity contribution is 0.0700. The fourth-order valence-electron chi connectivity index (χ4n) is 4.12. The Hall–Kier alpha value is -0.0400. The molecule has 0 aromatic carbocycles. The highest BCUT2D eigenvalue weighted by Crippen LogP contribution is 2.46. The van der Waals surface area contributed by atoms with E-state index in [9.17, 15) is 0 Å². The summed E-state index contributed by atoms with van der Waals surface area (Å²) in [4.78, 5) is 0. The quantitative estimate of drug-likeness (QED) is 0.726. The summed E-state index contributed by atoms with van der Waals surface area (Å²) < 4.78 is 0. The SMILES string of the molecule is CCCC1CCC(CNC(C)C)C(C2CCC2)C1. The zero-order valence-corrected chi connectivity index (χ0v) is 12.8. The summed E-state index contributed by atoms with van der Waals surface area (Å²) in [5.41, 5.74) is 0. The first-order valence-electron chi connectivity index (χ1n) is 8.44. The van der Waals surface area contributed by atoms with E-state index in [1.807, 2.05) is 0 Å². The van der Waals surface area contributed by atoms with E-state index in [4.69, 9.17) is 0 Å². The molecule has 0 spiro atoms. The first-order chi connectivity index (χ1) is 8.70. The Kier molecular flexibility index (Phi) is 5.54. The van der Waals surface area contributed by atoms with E-state index in [2.05, 4.69) is 26.1 Å². The van der Waals surface area contributed by atoms with E-state index in [0.29, 0.717) is 6.04 Å². The third-order valence-corrected chi connectivity index (χ3v) is 5.40. The van der Waals surface area contributed by atoms with E-state index in [0.717, 1.165) is 23.7 Å². The third kappa shape index (κ3) is 3.73. The molecule has 0 aliphatic heterocycles. The van der Waals surface area contributed by atoms with Crippen LogP contribution in [0.25, 0.3) is 0 Å². The van der Waals surface area contributed by atoms with E-state index in [1.165, 1.54) is 51.5 Å². The van der Waals surface area contributed by atoms with E-state index >= 15 is 0 Å². The molecular weight excluding hydrogens is 218 g/mol. The normalized spacial score (nSPS) is 33.7. The monoisotopic (exact) mass is 251 g/mol. The Bertz CT molecular complexity index is 232. The van der Waals surface area contributed by atoms with Gasteiger partial charge < -0.3 is 5.32 Å². The van der Waals surface area contributed by atoms with Gasteiger partial charge in [0.1, 0.15) is 0 Å². The van der Waals surface area contributed by atoms with Gasteiger partial charge >= 0.3 is 0 Å². The molecule has 2 saturated carbocycles. The van der Waals surface area contributed by atoms with Crippen molar-refractivity contribution in [3.05, 3.63) is 0 Å². The summed E-state index contributed by atoms with van der Waals surface area (Å²) in [7, 11) is 0. The van der Waals surface area contributed by atoms with Crippen molar-refractivity contribution in [3.8, 4) is 0 Å². The van der Waals surface area contributed by atoms with Gasteiger partial charge in [-0.1, -0.05) is 59.3 Å². The third-order valence-electron chi connectivity index (χ3n) is 5.40. The second kappa shape index (κ2) is 6.93. The topological polar surface area (TPSA) is 12.0 Å². The summed E-state index contributed by atoms with van der Waals surface area (Å²) in [6, 6.07) is 0.653. The largest absolute Gasteiger partial charge is 0.314 e. The molecule has 1 nitrogen and oxygen atoms in total. The Morgan fingerprint density at radius 1 is 1.11 bits per heavy atom. The van der Waals surface area contributed by atoms with Crippen LogP contribution in [0.5, 0.6) is 0 Å². The average Bonchev–Trinajstić information content (AvgIpc) is 2.26. The first kappa shape index (κ1) is 14.4. The maximum atomic E-state index is 3.70. The summed E-state index contributed by atoms with van der Waals surface area (Å²) >= 11 is 0. The molecule has 106 valence electrons. The molecule has 1 heteroatoms. The molecule has 2 aliphatic rings. The van der Waals surface area contributed by atoms with Crippen molar-refractivity contribution >= 4 is 0 Å². The predicted molar refractivity (Wildman–Crippen MR) is 79.7 cm³/mol. The maximum Gasteiger partial charge on any atom is 0.00104 e. The molecule has 0 aromatic heterocycles. The summed E-state index contributed by atoms with van der Waals surface area (Å²) in [6.07, 6.45) is 12.0. The molecule has 3 unspecified atom stereocenters. The molecular formula is C17H33N. The number of rotatable bonds is 6. The Balaban J connectivity index is 1.87. The Morgan fingerprint density at radius 2 is 1.89 bits per heavy atom. The van der Waals surface area contributed by atoms with Gasteiger partial charge in [0.15, 0.2) is 0 Å². The molecule has 2 aliphatic carbocycles. The number of nitrogens with one attached hydrogen (secondary N) is 1. The van der Waals surface area contributed by atoms with Crippen molar-refractivity contribution in [2.24, 2.45) is 23.7 Å². The van der Waals surface area contributed by atoms with E-state index in [-0.39, 0.29) is 0 Å². The van der Waals surface area contributed by atoms with Gasteiger partial charge in [-0.15, -0.1) is 0 Å². The molecule has 0 aromatic rings. The van der Waals surface area contributed by atoms with E-state index in [1.54, 1.807) is 6.42 Å². The molecule has 0 amide bonds. The first-order valence-corrected chi connectivity index (χ1v) is 8.44. The lowest BCUT2D eigenvalue weighted by atomic mass is 9.62. The van der Waals surface area contributed by atoms with Crippen LogP contribution in [0, 0.1) is 23.7 Å². The minimum atomic E-state index is 0.653. The molecule has 2 rings (SSSR count). The van der Waals surface area contributed by atoms with Gasteiger partial charge in [0.2, 0.25) is 0 Å². The van der Waals surface area contributed by atoms with Crippen LogP contribution in [-0.4, -0.2) is 12.6 Å². The van der Waals surface area contributed by atoms with Gasteiger partial charge in [-0.25, -0.2) is 0 Å². The lowest BCUT2D eigenvalue weighted by Gasteiger charge is -2.44. The van der Waals surface area contributed by atoms with Crippen molar-refractivity contribution in [2.75, 3.05) is 6.54 Å². The standard InChI is InChI=1S/C17H33N/c1-4-6-14-9-10-16(12-18-13(2)3)17(11-14)15-7-5-8-15/h13-18H,4-12H2,1-3H3. The van der Waals surface area contributed by atoms with Crippen LogP contribution < -0.4 is 5.32 Å². The van der Waals surface area contributed by atoms with Crippen molar-refractivity contribution in [1.29, 1.82) is 0 Å². The van der Waals surface area contributed by atoms with Crippen LogP contribution in [-0.2, 0) is 0 Å². The number of hydrogen-bond acceptors (Lipinski definition) is 1. The van der Waals surface area contributed by atoms with Crippen molar-refractivity contribution in [1.82, 2.24) is 5.32 Å². The minimum absolute atomic E-state index is 0.653. The molecule has 0 saturated heterocycles. The second-order valence-corrected chi connectivity index (χ2v) is 7.15. The highest BCUT2D eigenvalue weighted by Gasteiger charge is 2.37. The average molecular weight is 251 g/mol. The highest BCUT2D eigenvalue weighted by molar-refractivity contribution is 4.88. The molecule has 0 radical (unpaired) electrons. The minimum Gasteiger partial charge on any atom is -0.314 e. The second-order valence-electron chi connectivity index (χ2n) is 7.15. The zero-order chi connectivity index (χ0) is 13.0. The maximum absolute atomic E-state index is 3.70. The molecule has 3 atom stereocenters. The van der Waals surface area contributed by atoms with Gasteiger partial charge in [-0.05, 0) is 43.1 Å². The highest BCUT2D eigenvalue weighted by atomic mass is 14.9. The van der Waals surface area contributed by atoms with Gasteiger partial charge in [-0.2, -0.15) is 0 Å². The number of hydrogen-bond donors (Lipinski definition) is 1. The summed E-state index contributed by atoms with van der Waals surface area (Å²) in [5.74, 6) is 4.17. The zero-order valence-electron chi connectivity index (χ0n) is 12.8. The smallest absolute Gasteiger partial charge is 0.00104 e. The molecule has 0 bridgehead atoms. The van der Waals surface area contributed by atoms with Gasteiger partial charge in [0.25, 0.3) is 0 Å². The van der Waals surface area contributed by atoms with Crippen LogP contribution in [0.3, 0.4) is 0 Å². The lowest BCUT2D eigenvalue weighted by Crippen LogP contribution is -2.40. The van der Waals surface area contributed by atoms with Crippen molar-refractivity contribution < 1.29 is 0 Å². The van der Waals surface area contributed by atoms with Crippen LogP contribution in [0.1, 0.15) is 72.1 Å². The summed E-state index contributed by atoms with van der Waals surface area (Å²) in [6.45, 7) is 8.19. The van der Waals surface area contributed by atoms with Gasteiger partial charge in [0, 0.05) is 6.04 Å². The Morgan fingerprint density at radius 3 is 2.44 bits per heavy atom. The molecule has 18 heavy (non-hydrogen) atoms. The summed E-state index contributed by atoms with van der Waals surface area (Å²) in [5, 5.41) is 3.70. The van der Waals surface area contributed by atoms with Crippen LogP contribution in [0.4, 0.5) is 0 Å². The van der Waals surface area contributed by atoms with Crippen LogP contribution >= 0.6 is 0 Å². The van der Waals surface area contributed by atoms with Crippen molar-refractivity contribution in [3.63, 3.8) is 0 Å². The van der Waals surface area contributed by atoms with E-state index < -0.39 is 0 Å². The molecule has 2 fully saturated rings. The van der Waals surface area contributed by atoms with Crippen molar-refractivity contribution in [2.45, 2.75) is 78.2 Å². The molecule has 1 N–H and O–H groups in total. The molecule has 0 heterocycles. The van der Waals surface area contributed by atoms with Crippen LogP contribution in [0.15, 0.2) is 0 Å².